The van der Waals surface area contributed by atoms with Crippen molar-refractivity contribution in [3.8, 4) is 11.5 Å². The van der Waals surface area contributed by atoms with Gasteiger partial charge in [-0.1, -0.05) is 77.5 Å². The van der Waals surface area contributed by atoms with Crippen LogP contribution in [0.1, 0.15) is 11.1 Å². The fourth-order valence-electron chi connectivity index (χ4n) is 4.29. The second-order valence-corrected chi connectivity index (χ2v) is 9.51. The van der Waals surface area contributed by atoms with Gasteiger partial charge in [-0.05, 0) is 52.2 Å². The van der Waals surface area contributed by atoms with E-state index in [1.165, 1.54) is 11.3 Å². The molecule has 35 heavy (non-hydrogen) atoms. The van der Waals surface area contributed by atoms with Crippen LogP contribution < -0.4 is 19.6 Å². The number of thiazole rings is 1. The molecular formula is C28H19ClN2O3S. The van der Waals surface area contributed by atoms with Gasteiger partial charge < -0.3 is 9.47 Å². The molecule has 0 saturated heterocycles. The highest BCUT2D eigenvalue weighted by molar-refractivity contribution is 7.15. The summed E-state index contributed by atoms with van der Waals surface area (Å²) in [4.78, 5) is 18.3. The minimum Gasteiger partial charge on any atom is -0.493 e. The van der Waals surface area contributed by atoms with E-state index in [1.54, 1.807) is 23.7 Å². The smallest absolute Gasteiger partial charge is 0.274 e. The highest BCUT2D eigenvalue weighted by Gasteiger charge is 2.14. The molecule has 0 saturated carbocycles. The molecule has 0 amide bonds. The zero-order valence-corrected chi connectivity index (χ0v) is 20.3. The van der Waals surface area contributed by atoms with Gasteiger partial charge in [-0.2, -0.15) is 0 Å². The lowest BCUT2D eigenvalue weighted by Gasteiger charge is -2.14. The Labute approximate surface area is 209 Å². The van der Waals surface area contributed by atoms with Crippen LogP contribution in [-0.4, -0.2) is 16.5 Å². The van der Waals surface area contributed by atoms with E-state index in [0.717, 1.165) is 32.9 Å². The van der Waals surface area contributed by atoms with Crippen molar-refractivity contribution < 1.29 is 9.47 Å². The highest BCUT2D eigenvalue weighted by atomic mass is 35.5. The Morgan fingerprint density at radius 2 is 1.83 bits per heavy atom. The average Bonchev–Trinajstić information content (AvgIpc) is 3.39. The average molecular weight is 499 g/mol. The molecule has 0 N–H and O–H groups in total. The minimum atomic E-state index is -0.106. The Kier molecular flexibility index (Phi) is 5.40. The van der Waals surface area contributed by atoms with Gasteiger partial charge in [0.05, 0.1) is 27.7 Å². The van der Waals surface area contributed by atoms with Gasteiger partial charge >= 0.3 is 0 Å². The lowest BCUT2D eigenvalue weighted by Crippen LogP contribution is -2.22. The van der Waals surface area contributed by atoms with Crippen molar-refractivity contribution in [2.75, 3.05) is 7.11 Å². The number of hydrogen-bond donors (Lipinski definition) is 0. The first-order chi connectivity index (χ1) is 17.1. The summed E-state index contributed by atoms with van der Waals surface area (Å²) in [6.07, 6.45) is 1.80. The van der Waals surface area contributed by atoms with E-state index < -0.39 is 0 Å². The molecule has 2 heterocycles. The van der Waals surface area contributed by atoms with Crippen molar-refractivity contribution in [3.63, 3.8) is 0 Å². The third kappa shape index (κ3) is 3.81. The molecule has 0 atom stereocenters. The minimum absolute atomic E-state index is 0.106. The third-order valence-electron chi connectivity index (χ3n) is 5.95. The summed E-state index contributed by atoms with van der Waals surface area (Å²) >= 11 is 7.97. The second kappa shape index (κ2) is 8.73. The highest BCUT2D eigenvalue weighted by Crippen LogP contribution is 2.37. The zero-order chi connectivity index (χ0) is 23.9. The molecule has 4 aromatic carbocycles. The number of para-hydroxylation sites is 2. The molecule has 7 heteroatoms. The Balaban J connectivity index is 1.36. The summed E-state index contributed by atoms with van der Waals surface area (Å²) in [6.45, 7) is 0.348. The van der Waals surface area contributed by atoms with Gasteiger partial charge in [0, 0.05) is 0 Å². The predicted octanol–water partition coefficient (Wildman–Crippen LogP) is 5.85. The van der Waals surface area contributed by atoms with Crippen LogP contribution in [0, 0.1) is 0 Å². The van der Waals surface area contributed by atoms with Gasteiger partial charge in [-0.15, -0.1) is 0 Å². The number of benzene rings is 4. The van der Waals surface area contributed by atoms with Gasteiger partial charge in [-0.25, -0.2) is 9.38 Å². The maximum Gasteiger partial charge on any atom is 0.274 e. The normalized spacial score (nSPS) is 12.1. The Morgan fingerprint density at radius 3 is 2.71 bits per heavy atom. The summed E-state index contributed by atoms with van der Waals surface area (Å²) < 4.78 is 13.9. The first-order valence-electron chi connectivity index (χ1n) is 11.0. The van der Waals surface area contributed by atoms with Crippen LogP contribution in [0.4, 0.5) is 0 Å². The molecule has 0 unspecified atom stereocenters. The topological polar surface area (TPSA) is 52.8 Å². The largest absolute Gasteiger partial charge is 0.493 e. The molecule has 172 valence electrons. The van der Waals surface area contributed by atoms with Gasteiger partial charge in [0.15, 0.2) is 16.5 Å². The summed E-state index contributed by atoms with van der Waals surface area (Å²) in [5.41, 5.74) is 3.30. The third-order valence-corrected chi connectivity index (χ3v) is 7.20. The molecule has 0 aliphatic carbocycles. The van der Waals surface area contributed by atoms with Crippen molar-refractivity contribution in [3.05, 3.63) is 110 Å². The maximum atomic E-state index is 13.1. The fraction of sp³-hybridized carbons (Fsp3) is 0.0714. The molecule has 0 radical (unpaired) electrons. The fourth-order valence-corrected chi connectivity index (χ4v) is 5.56. The second-order valence-electron chi connectivity index (χ2n) is 8.10. The number of aromatic nitrogens is 2. The molecule has 6 rings (SSSR count). The van der Waals surface area contributed by atoms with Crippen LogP contribution in [0.5, 0.6) is 11.5 Å². The number of halogens is 1. The molecule has 5 nitrogen and oxygen atoms in total. The van der Waals surface area contributed by atoms with Gasteiger partial charge in [0.25, 0.3) is 5.56 Å². The lowest BCUT2D eigenvalue weighted by molar-refractivity contribution is 0.286. The molecule has 0 aliphatic rings. The Hall–Kier alpha value is -3.87. The van der Waals surface area contributed by atoms with Crippen molar-refractivity contribution in [1.29, 1.82) is 0 Å². The predicted molar refractivity (Wildman–Crippen MR) is 142 cm³/mol. The van der Waals surface area contributed by atoms with Crippen LogP contribution in [-0.2, 0) is 6.61 Å². The van der Waals surface area contributed by atoms with E-state index in [-0.39, 0.29) is 5.56 Å². The maximum absolute atomic E-state index is 13.1. The standard InChI is InChI=1S/C28H19ClN2O3S/c1-33-24-14-17(15-25-27(32)31-23-12-5-4-11-22(23)30-28(31)35-25)13-21(29)26(24)34-16-19-9-6-8-18-7-2-3-10-20(18)19/h2-15H,16H2,1H3/b25-15-. The Morgan fingerprint density at radius 1 is 1.03 bits per heavy atom. The number of methoxy groups -OCH3 is 1. The van der Waals surface area contributed by atoms with Gasteiger partial charge in [-0.3, -0.25) is 4.79 Å². The number of imidazole rings is 1. The van der Waals surface area contributed by atoms with Crippen molar-refractivity contribution in [2.45, 2.75) is 6.61 Å². The van der Waals surface area contributed by atoms with Crippen LogP contribution in [0.25, 0.3) is 32.8 Å². The van der Waals surface area contributed by atoms with E-state index in [1.807, 2.05) is 54.6 Å². The number of rotatable bonds is 5. The van der Waals surface area contributed by atoms with E-state index >= 15 is 0 Å². The van der Waals surface area contributed by atoms with Crippen molar-refractivity contribution >= 4 is 55.8 Å². The molecule has 6 aromatic rings. The first kappa shape index (κ1) is 21.6. The van der Waals surface area contributed by atoms with E-state index in [9.17, 15) is 4.79 Å². The van der Waals surface area contributed by atoms with E-state index in [0.29, 0.717) is 32.6 Å². The molecule has 0 fully saturated rings. The molecule has 0 bridgehead atoms. The summed E-state index contributed by atoms with van der Waals surface area (Å²) in [6, 6.07) is 25.5. The van der Waals surface area contributed by atoms with E-state index in [2.05, 4.69) is 23.2 Å². The van der Waals surface area contributed by atoms with Crippen LogP contribution in [0.3, 0.4) is 0 Å². The molecular weight excluding hydrogens is 480 g/mol. The van der Waals surface area contributed by atoms with E-state index in [4.69, 9.17) is 21.1 Å². The zero-order valence-electron chi connectivity index (χ0n) is 18.7. The van der Waals surface area contributed by atoms with Crippen LogP contribution >= 0.6 is 22.9 Å². The Bertz CT molecular complexity index is 1840. The monoisotopic (exact) mass is 498 g/mol. The summed E-state index contributed by atoms with van der Waals surface area (Å²) in [5, 5.41) is 2.70. The van der Waals surface area contributed by atoms with Crippen LogP contribution in [0.2, 0.25) is 5.02 Å². The molecule has 2 aromatic heterocycles. The van der Waals surface area contributed by atoms with Crippen molar-refractivity contribution in [1.82, 2.24) is 9.38 Å². The SMILES string of the molecule is COc1cc(/C=c2\sc3nc4ccccc4n3c2=O)cc(Cl)c1OCc1cccc2ccccc12. The van der Waals surface area contributed by atoms with Crippen LogP contribution in [0.15, 0.2) is 83.7 Å². The lowest BCUT2D eigenvalue weighted by atomic mass is 10.1. The number of ether oxygens (including phenoxy) is 2. The van der Waals surface area contributed by atoms with Gasteiger partial charge in [0.2, 0.25) is 0 Å². The first-order valence-corrected chi connectivity index (χ1v) is 12.2. The van der Waals surface area contributed by atoms with Crippen molar-refractivity contribution in [2.24, 2.45) is 0 Å². The van der Waals surface area contributed by atoms with Gasteiger partial charge in [0.1, 0.15) is 6.61 Å². The molecule has 0 aliphatic heterocycles. The summed E-state index contributed by atoms with van der Waals surface area (Å²) in [7, 11) is 1.57. The number of fused-ring (bicyclic) bond motifs is 4. The summed E-state index contributed by atoms with van der Waals surface area (Å²) in [5.74, 6) is 0.969. The molecule has 0 spiro atoms. The number of hydrogen-bond acceptors (Lipinski definition) is 5. The number of nitrogens with zero attached hydrogens (tertiary/aromatic N) is 2. The quantitative estimate of drug-likeness (QED) is 0.299.